The lowest BCUT2D eigenvalue weighted by Gasteiger charge is -2.34. The summed E-state index contributed by atoms with van der Waals surface area (Å²) in [6.07, 6.45) is 1.19. The first kappa shape index (κ1) is 17.8. The summed E-state index contributed by atoms with van der Waals surface area (Å²) in [6, 6.07) is 7.41. The molecule has 3 rings (SSSR count). The van der Waals surface area contributed by atoms with Gasteiger partial charge in [-0.2, -0.15) is 0 Å². The van der Waals surface area contributed by atoms with Gasteiger partial charge in [0.2, 0.25) is 11.8 Å². The Labute approximate surface area is 151 Å². The second-order valence-electron chi connectivity index (χ2n) is 6.64. The molecule has 1 amide bonds. The summed E-state index contributed by atoms with van der Waals surface area (Å²) in [5, 5.41) is 8.49. The zero-order valence-corrected chi connectivity index (χ0v) is 15.6. The minimum absolute atomic E-state index is 0.132. The number of ether oxygens (including phenoxy) is 1. The number of rotatable bonds is 5. The van der Waals surface area contributed by atoms with Crippen LogP contribution in [0.3, 0.4) is 0 Å². The SMILES string of the molecule is COc1ccc(-c2nnc(SCC(=O)N3C[C@H](C)C[C@@H](C)C3)o2)cc1. The van der Waals surface area contributed by atoms with Crippen molar-refractivity contribution in [2.75, 3.05) is 26.0 Å². The van der Waals surface area contributed by atoms with Crippen molar-refractivity contribution in [2.24, 2.45) is 11.8 Å². The highest BCUT2D eigenvalue weighted by Crippen LogP contribution is 2.26. The number of aromatic nitrogens is 2. The number of piperidine rings is 1. The van der Waals surface area contributed by atoms with Gasteiger partial charge in [0.15, 0.2) is 0 Å². The molecular weight excluding hydrogens is 338 g/mol. The number of hydrogen-bond acceptors (Lipinski definition) is 6. The van der Waals surface area contributed by atoms with Crippen LogP contribution in [0, 0.1) is 11.8 Å². The Hall–Kier alpha value is -2.02. The Morgan fingerprint density at radius 1 is 1.24 bits per heavy atom. The van der Waals surface area contributed by atoms with Crippen LogP contribution in [0.15, 0.2) is 33.9 Å². The summed E-state index contributed by atoms with van der Waals surface area (Å²) < 4.78 is 10.8. The van der Waals surface area contributed by atoms with Gasteiger partial charge in [-0.3, -0.25) is 4.79 Å². The Bertz CT molecular complexity index is 707. The maximum atomic E-state index is 12.4. The van der Waals surface area contributed by atoms with Gasteiger partial charge in [-0.25, -0.2) is 0 Å². The summed E-state index contributed by atoms with van der Waals surface area (Å²) >= 11 is 1.29. The fourth-order valence-corrected chi connectivity index (χ4v) is 3.87. The lowest BCUT2D eigenvalue weighted by molar-refractivity contribution is -0.130. The molecule has 2 aromatic rings. The summed E-state index contributed by atoms with van der Waals surface area (Å²) in [6.45, 7) is 6.07. The summed E-state index contributed by atoms with van der Waals surface area (Å²) in [5.74, 6) is 2.79. The molecule has 7 heteroatoms. The lowest BCUT2D eigenvalue weighted by atomic mass is 9.92. The van der Waals surface area contributed by atoms with E-state index in [9.17, 15) is 4.79 Å². The van der Waals surface area contributed by atoms with Crippen LogP contribution in [0.4, 0.5) is 0 Å². The monoisotopic (exact) mass is 361 g/mol. The number of amides is 1. The fourth-order valence-electron chi connectivity index (χ4n) is 3.20. The highest BCUT2D eigenvalue weighted by molar-refractivity contribution is 7.99. The number of hydrogen-bond donors (Lipinski definition) is 0. The minimum atomic E-state index is 0.132. The smallest absolute Gasteiger partial charge is 0.277 e. The van der Waals surface area contributed by atoms with Crippen molar-refractivity contribution >= 4 is 17.7 Å². The van der Waals surface area contributed by atoms with Gasteiger partial charge in [0, 0.05) is 18.7 Å². The van der Waals surface area contributed by atoms with Gasteiger partial charge < -0.3 is 14.1 Å². The van der Waals surface area contributed by atoms with Gasteiger partial charge in [0.1, 0.15) is 5.75 Å². The summed E-state index contributed by atoms with van der Waals surface area (Å²) in [7, 11) is 1.62. The molecule has 1 aromatic carbocycles. The minimum Gasteiger partial charge on any atom is -0.497 e. The van der Waals surface area contributed by atoms with Crippen LogP contribution in [0.2, 0.25) is 0 Å². The standard InChI is InChI=1S/C18H23N3O3S/c1-12-8-13(2)10-21(9-12)16(22)11-25-18-20-19-17(24-18)14-4-6-15(23-3)7-5-14/h4-7,12-13H,8-11H2,1-3H3/t12-,13-/m1/s1. The van der Waals surface area contributed by atoms with Crippen molar-refractivity contribution in [3.63, 3.8) is 0 Å². The second kappa shape index (κ2) is 7.91. The van der Waals surface area contributed by atoms with E-state index in [-0.39, 0.29) is 5.91 Å². The molecule has 1 saturated heterocycles. The van der Waals surface area contributed by atoms with Gasteiger partial charge in [-0.05, 0) is 42.5 Å². The van der Waals surface area contributed by atoms with E-state index in [1.165, 1.54) is 18.2 Å². The zero-order valence-electron chi connectivity index (χ0n) is 14.8. The molecule has 0 radical (unpaired) electrons. The van der Waals surface area contributed by atoms with Crippen molar-refractivity contribution in [2.45, 2.75) is 25.5 Å². The fraction of sp³-hybridized carbons (Fsp3) is 0.500. The molecule has 134 valence electrons. The van der Waals surface area contributed by atoms with E-state index in [4.69, 9.17) is 9.15 Å². The molecule has 2 atom stereocenters. The number of carbonyl (C=O) groups is 1. The van der Waals surface area contributed by atoms with E-state index in [1.54, 1.807) is 7.11 Å². The topological polar surface area (TPSA) is 68.5 Å². The number of thioether (sulfide) groups is 1. The highest BCUT2D eigenvalue weighted by atomic mass is 32.2. The molecule has 0 saturated carbocycles. The van der Waals surface area contributed by atoms with Gasteiger partial charge in [-0.15, -0.1) is 10.2 Å². The number of benzene rings is 1. The van der Waals surface area contributed by atoms with Crippen molar-refractivity contribution in [3.05, 3.63) is 24.3 Å². The van der Waals surface area contributed by atoms with Crippen LogP contribution in [0.1, 0.15) is 20.3 Å². The average molecular weight is 361 g/mol. The van der Waals surface area contributed by atoms with Crippen LogP contribution in [0.25, 0.3) is 11.5 Å². The molecule has 1 aliphatic heterocycles. The zero-order chi connectivity index (χ0) is 17.8. The van der Waals surface area contributed by atoms with E-state index in [2.05, 4.69) is 24.0 Å². The average Bonchev–Trinajstić information content (AvgIpc) is 3.08. The van der Waals surface area contributed by atoms with Crippen molar-refractivity contribution in [3.8, 4) is 17.2 Å². The first-order chi connectivity index (χ1) is 12.0. The second-order valence-corrected chi connectivity index (χ2v) is 7.56. The van der Waals surface area contributed by atoms with Gasteiger partial charge in [-0.1, -0.05) is 25.6 Å². The molecule has 25 heavy (non-hydrogen) atoms. The molecule has 2 heterocycles. The van der Waals surface area contributed by atoms with Crippen LogP contribution < -0.4 is 4.74 Å². The molecule has 1 aromatic heterocycles. The Morgan fingerprint density at radius 3 is 2.56 bits per heavy atom. The maximum absolute atomic E-state index is 12.4. The summed E-state index contributed by atoms with van der Waals surface area (Å²) in [5.41, 5.74) is 0.824. The van der Waals surface area contributed by atoms with Gasteiger partial charge in [0.05, 0.1) is 12.9 Å². The number of carbonyl (C=O) groups excluding carboxylic acids is 1. The molecule has 1 aliphatic rings. The molecule has 1 fully saturated rings. The lowest BCUT2D eigenvalue weighted by Crippen LogP contribution is -2.43. The van der Waals surface area contributed by atoms with Crippen molar-refractivity contribution < 1.29 is 13.9 Å². The van der Waals surface area contributed by atoms with Crippen molar-refractivity contribution in [1.82, 2.24) is 15.1 Å². The number of methoxy groups -OCH3 is 1. The molecule has 6 nitrogen and oxygen atoms in total. The first-order valence-corrected chi connectivity index (χ1v) is 9.42. The van der Waals surface area contributed by atoms with Crippen LogP contribution in [-0.2, 0) is 4.79 Å². The first-order valence-electron chi connectivity index (χ1n) is 8.43. The molecule has 0 N–H and O–H groups in total. The quantitative estimate of drug-likeness (QED) is 0.761. The molecule has 0 spiro atoms. The van der Waals surface area contributed by atoms with Gasteiger partial charge in [0.25, 0.3) is 5.22 Å². The third kappa shape index (κ3) is 4.54. The van der Waals surface area contributed by atoms with Crippen LogP contribution >= 0.6 is 11.8 Å². The third-order valence-corrected chi connectivity index (χ3v) is 5.09. The van der Waals surface area contributed by atoms with Gasteiger partial charge >= 0.3 is 0 Å². The van der Waals surface area contributed by atoms with Crippen LogP contribution in [-0.4, -0.2) is 47.0 Å². The maximum Gasteiger partial charge on any atom is 0.277 e. The van der Waals surface area contributed by atoms with E-state index in [0.717, 1.165) is 24.4 Å². The predicted molar refractivity (Wildman–Crippen MR) is 96.5 cm³/mol. The predicted octanol–water partition coefficient (Wildman–Crippen LogP) is 3.34. The molecule has 0 aliphatic carbocycles. The normalized spacial score (nSPS) is 20.5. The number of likely N-dealkylation sites (tertiary alicyclic amines) is 1. The van der Waals surface area contributed by atoms with Crippen molar-refractivity contribution in [1.29, 1.82) is 0 Å². The third-order valence-electron chi connectivity index (χ3n) is 4.28. The molecule has 0 bridgehead atoms. The largest absolute Gasteiger partial charge is 0.497 e. The number of nitrogens with zero attached hydrogens (tertiary/aromatic N) is 3. The Balaban J connectivity index is 1.57. The highest BCUT2D eigenvalue weighted by Gasteiger charge is 2.25. The van der Waals surface area contributed by atoms with E-state index >= 15 is 0 Å². The van der Waals surface area contributed by atoms with E-state index < -0.39 is 0 Å². The van der Waals surface area contributed by atoms with E-state index in [0.29, 0.717) is 28.7 Å². The van der Waals surface area contributed by atoms with Crippen LogP contribution in [0.5, 0.6) is 5.75 Å². The Kier molecular flexibility index (Phi) is 5.63. The Morgan fingerprint density at radius 2 is 1.92 bits per heavy atom. The van der Waals surface area contributed by atoms with E-state index in [1.807, 2.05) is 29.2 Å². The molecule has 0 unspecified atom stereocenters. The summed E-state index contributed by atoms with van der Waals surface area (Å²) in [4.78, 5) is 14.4. The molecular formula is C18H23N3O3S.